The molecule has 0 radical (unpaired) electrons. The topological polar surface area (TPSA) is 76.1 Å². The number of aromatic nitrogens is 2. The first-order valence-corrected chi connectivity index (χ1v) is 6.21. The van der Waals surface area contributed by atoms with Gasteiger partial charge in [0.15, 0.2) is 0 Å². The molecule has 6 nitrogen and oxygen atoms in total. The molecule has 1 aromatic rings. The molecule has 0 atom stereocenters. The highest BCUT2D eigenvalue weighted by Crippen LogP contribution is 2.06. The van der Waals surface area contributed by atoms with Crippen molar-refractivity contribution in [1.29, 1.82) is 0 Å². The number of carbonyl (C=O) groups excluding carboxylic acids is 1. The SMILES string of the molecule is CCNc1cncc(NCCCC(=O)OCC)n1. The second-order valence-corrected chi connectivity index (χ2v) is 3.66. The molecule has 0 spiro atoms. The summed E-state index contributed by atoms with van der Waals surface area (Å²) in [6.07, 6.45) is 4.46. The molecule has 0 aliphatic carbocycles. The van der Waals surface area contributed by atoms with Crippen LogP contribution in [0.3, 0.4) is 0 Å². The Balaban J connectivity index is 2.26. The summed E-state index contributed by atoms with van der Waals surface area (Å²) in [5.41, 5.74) is 0. The lowest BCUT2D eigenvalue weighted by Crippen LogP contribution is -2.09. The third kappa shape index (κ3) is 5.47. The van der Waals surface area contributed by atoms with Gasteiger partial charge in [0.25, 0.3) is 0 Å². The van der Waals surface area contributed by atoms with Crippen LogP contribution in [-0.4, -0.2) is 35.6 Å². The van der Waals surface area contributed by atoms with Crippen molar-refractivity contribution in [3.8, 4) is 0 Å². The first kappa shape index (κ1) is 14.2. The van der Waals surface area contributed by atoms with Gasteiger partial charge in [0.2, 0.25) is 0 Å². The molecule has 0 bridgehead atoms. The fraction of sp³-hybridized carbons (Fsp3) is 0.583. The smallest absolute Gasteiger partial charge is 0.305 e. The van der Waals surface area contributed by atoms with Crippen molar-refractivity contribution in [3.63, 3.8) is 0 Å². The van der Waals surface area contributed by atoms with Gasteiger partial charge in [-0.2, -0.15) is 0 Å². The van der Waals surface area contributed by atoms with Crippen molar-refractivity contribution >= 4 is 17.6 Å². The van der Waals surface area contributed by atoms with Gasteiger partial charge in [0, 0.05) is 19.5 Å². The number of hydrogen-bond donors (Lipinski definition) is 2. The van der Waals surface area contributed by atoms with Crippen molar-refractivity contribution in [1.82, 2.24) is 9.97 Å². The van der Waals surface area contributed by atoms with E-state index in [4.69, 9.17) is 4.74 Å². The Hall–Kier alpha value is -1.85. The maximum Gasteiger partial charge on any atom is 0.305 e. The van der Waals surface area contributed by atoms with Crippen molar-refractivity contribution in [2.45, 2.75) is 26.7 Å². The zero-order chi connectivity index (χ0) is 13.2. The van der Waals surface area contributed by atoms with E-state index in [0.717, 1.165) is 12.4 Å². The number of nitrogens with zero attached hydrogens (tertiary/aromatic N) is 2. The van der Waals surface area contributed by atoms with E-state index in [1.807, 2.05) is 6.92 Å². The molecule has 0 unspecified atom stereocenters. The third-order valence-corrected chi connectivity index (χ3v) is 2.16. The van der Waals surface area contributed by atoms with E-state index < -0.39 is 0 Å². The normalized spacial score (nSPS) is 9.89. The molecular weight excluding hydrogens is 232 g/mol. The number of carbonyl (C=O) groups is 1. The van der Waals surface area contributed by atoms with Crippen molar-refractivity contribution in [2.24, 2.45) is 0 Å². The molecule has 0 aliphatic heterocycles. The molecule has 0 amide bonds. The summed E-state index contributed by atoms with van der Waals surface area (Å²) in [7, 11) is 0. The monoisotopic (exact) mass is 252 g/mol. The van der Waals surface area contributed by atoms with Gasteiger partial charge in [0.1, 0.15) is 11.6 Å². The molecule has 0 saturated carbocycles. The van der Waals surface area contributed by atoms with Crippen molar-refractivity contribution < 1.29 is 9.53 Å². The molecule has 0 fully saturated rings. The van der Waals surface area contributed by atoms with Crippen LogP contribution in [0.15, 0.2) is 12.4 Å². The van der Waals surface area contributed by atoms with E-state index in [0.29, 0.717) is 31.8 Å². The molecule has 1 rings (SSSR count). The Kier molecular flexibility index (Phi) is 6.53. The van der Waals surface area contributed by atoms with E-state index in [1.165, 1.54) is 0 Å². The molecule has 18 heavy (non-hydrogen) atoms. The minimum atomic E-state index is -0.160. The molecule has 6 heteroatoms. The highest BCUT2D eigenvalue weighted by Gasteiger charge is 2.01. The Labute approximate surface area is 107 Å². The second kappa shape index (κ2) is 8.27. The maximum absolute atomic E-state index is 11.1. The van der Waals surface area contributed by atoms with Gasteiger partial charge in [-0.25, -0.2) is 4.98 Å². The van der Waals surface area contributed by atoms with Crippen LogP contribution < -0.4 is 10.6 Å². The summed E-state index contributed by atoms with van der Waals surface area (Å²) in [5, 5.41) is 6.21. The summed E-state index contributed by atoms with van der Waals surface area (Å²) in [5.74, 6) is 1.29. The van der Waals surface area contributed by atoms with Crippen LogP contribution in [0, 0.1) is 0 Å². The molecular formula is C12H20N4O2. The Morgan fingerprint density at radius 1 is 1.28 bits per heavy atom. The molecule has 100 valence electrons. The zero-order valence-corrected chi connectivity index (χ0v) is 10.9. The highest BCUT2D eigenvalue weighted by atomic mass is 16.5. The zero-order valence-electron chi connectivity index (χ0n) is 10.9. The van der Waals surface area contributed by atoms with E-state index in [2.05, 4.69) is 20.6 Å². The van der Waals surface area contributed by atoms with E-state index in [1.54, 1.807) is 19.3 Å². The predicted molar refractivity (Wildman–Crippen MR) is 70.6 cm³/mol. The standard InChI is InChI=1S/C12H20N4O2/c1-3-14-10-8-13-9-11(16-10)15-7-5-6-12(17)18-4-2/h8-9H,3-7H2,1-2H3,(H2,14,15,16). The lowest BCUT2D eigenvalue weighted by atomic mass is 10.3. The average molecular weight is 252 g/mol. The summed E-state index contributed by atoms with van der Waals surface area (Å²) >= 11 is 0. The summed E-state index contributed by atoms with van der Waals surface area (Å²) in [6.45, 7) is 5.71. The van der Waals surface area contributed by atoms with Gasteiger partial charge in [0.05, 0.1) is 19.0 Å². The van der Waals surface area contributed by atoms with Crippen LogP contribution in [0.4, 0.5) is 11.6 Å². The van der Waals surface area contributed by atoms with Gasteiger partial charge in [-0.3, -0.25) is 9.78 Å². The summed E-state index contributed by atoms with van der Waals surface area (Å²) in [4.78, 5) is 19.5. The highest BCUT2D eigenvalue weighted by molar-refractivity contribution is 5.69. The lowest BCUT2D eigenvalue weighted by Gasteiger charge is -2.07. The average Bonchev–Trinajstić information content (AvgIpc) is 2.36. The number of hydrogen-bond acceptors (Lipinski definition) is 6. The summed E-state index contributed by atoms with van der Waals surface area (Å²) in [6, 6.07) is 0. The van der Waals surface area contributed by atoms with Gasteiger partial charge in [-0.1, -0.05) is 0 Å². The Morgan fingerprint density at radius 2 is 2.00 bits per heavy atom. The van der Waals surface area contributed by atoms with Crippen LogP contribution in [0.2, 0.25) is 0 Å². The van der Waals surface area contributed by atoms with Crippen LogP contribution in [-0.2, 0) is 9.53 Å². The molecule has 0 saturated heterocycles. The number of esters is 1. The van der Waals surface area contributed by atoms with Crippen LogP contribution in [0.5, 0.6) is 0 Å². The Morgan fingerprint density at radius 3 is 2.67 bits per heavy atom. The first-order chi connectivity index (χ1) is 8.76. The molecule has 2 N–H and O–H groups in total. The van der Waals surface area contributed by atoms with Gasteiger partial charge >= 0.3 is 5.97 Å². The largest absolute Gasteiger partial charge is 0.466 e. The molecule has 0 aromatic carbocycles. The van der Waals surface area contributed by atoms with E-state index in [9.17, 15) is 4.79 Å². The minimum Gasteiger partial charge on any atom is -0.466 e. The van der Waals surface area contributed by atoms with Gasteiger partial charge < -0.3 is 15.4 Å². The molecule has 1 aromatic heterocycles. The van der Waals surface area contributed by atoms with Crippen LogP contribution >= 0.6 is 0 Å². The predicted octanol–water partition coefficient (Wildman–Crippen LogP) is 1.66. The van der Waals surface area contributed by atoms with E-state index >= 15 is 0 Å². The minimum absolute atomic E-state index is 0.160. The molecule has 0 aliphatic rings. The number of nitrogens with one attached hydrogen (secondary N) is 2. The maximum atomic E-state index is 11.1. The van der Waals surface area contributed by atoms with Crippen molar-refractivity contribution in [3.05, 3.63) is 12.4 Å². The Bertz CT molecular complexity index is 371. The van der Waals surface area contributed by atoms with E-state index in [-0.39, 0.29) is 5.97 Å². The first-order valence-electron chi connectivity index (χ1n) is 6.21. The van der Waals surface area contributed by atoms with Crippen LogP contribution in [0.25, 0.3) is 0 Å². The number of anilines is 2. The third-order valence-electron chi connectivity index (χ3n) is 2.16. The number of ether oxygens (including phenoxy) is 1. The molecule has 1 heterocycles. The quantitative estimate of drug-likeness (QED) is 0.541. The van der Waals surface area contributed by atoms with Crippen LogP contribution in [0.1, 0.15) is 26.7 Å². The number of rotatable bonds is 8. The summed E-state index contributed by atoms with van der Waals surface area (Å²) < 4.78 is 4.84. The van der Waals surface area contributed by atoms with Gasteiger partial charge in [-0.05, 0) is 20.3 Å². The van der Waals surface area contributed by atoms with Gasteiger partial charge in [-0.15, -0.1) is 0 Å². The fourth-order valence-electron chi connectivity index (χ4n) is 1.40. The second-order valence-electron chi connectivity index (χ2n) is 3.66. The lowest BCUT2D eigenvalue weighted by molar-refractivity contribution is -0.143. The van der Waals surface area contributed by atoms with Crippen molar-refractivity contribution in [2.75, 3.05) is 30.3 Å². The fourth-order valence-corrected chi connectivity index (χ4v) is 1.40.